The van der Waals surface area contributed by atoms with Crippen LogP contribution in [0.4, 0.5) is 0 Å². The molecule has 1 saturated heterocycles. The predicted molar refractivity (Wildman–Crippen MR) is 95.6 cm³/mol. The Kier molecular flexibility index (Phi) is 4.56. The molecule has 3 heteroatoms. The summed E-state index contributed by atoms with van der Waals surface area (Å²) in [5.41, 5.74) is 0.826. The quantitative estimate of drug-likeness (QED) is 0.682. The van der Waals surface area contributed by atoms with Crippen molar-refractivity contribution < 1.29 is 14.3 Å². The number of rotatable bonds is 3. The Bertz CT molecular complexity index is 499. The fourth-order valence-corrected chi connectivity index (χ4v) is 6.72. The SMILES string of the molecule is COC(=O)C[C@@H](C)[C@@H]1C[C@@H]2[C@@]3(C)CCCC(C)(C)[C@@H]3CC[C@@]2(C)O1. The van der Waals surface area contributed by atoms with Crippen LogP contribution in [0, 0.1) is 28.6 Å². The Morgan fingerprint density at radius 2 is 1.88 bits per heavy atom. The van der Waals surface area contributed by atoms with E-state index in [-0.39, 0.29) is 23.6 Å². The van der Waals surface area contributed by atoms with Crippen LogP contribution in [0.1, 0.15) is 79.6 Å². The van der Waals surface area contributed by atoms with E-state index in [4.69, 9.17) is 9.47 Å². The van der Waals surface area contributed by atoms with Crippen LogP contribution >= 0.6 is 0 Å². The third-order valence-corrected chi connectivity index (χ3v) is 7.98. The second-order valence-corrected chi connectivity index (χ2v) is 9.95. The first-order valence-corrected chi connectivity index (χ1v) is 9.87. The molecule has 1 aliphatic heterocycles. The van der Waals surface area contributed by atoms with Gasteiger partial charge in [-0.2, -0.15) is 0 Å². The average Bonchev–Trinajstić information content (AvgIpc) is 2.85. The summed E-state index contributed by atoms with van der Waals surface area (Å²) >= 11 is 0. The van der Waals surface area contributed by atoms with E-state index >= 15 is 0 Å². The molecule has 24 heavy (non-hydrogen) atoms. The molecule has 6 atom stereocenters. The molecule has 0 bridgehead atoms. The largest absolute Gasteiger partial charge is 0.469 e. The lowest BCUT2D eigenvalue weighted by Gasteiger charge is -2.60. The second kappa shape index (κ2) is 6.00. The van der Waals surface area contributed by atoms with Crippen LogP contribution < -0.4 is 0 Å². The summed E-state index contributed by atoms with van der Waals surface area (Å²) in [4.78, 5) is 11.7. The number of fused-ring (bicyclic) bond motifs is 3. The Morgan fingerprint density at radius 3 is 2.54 bits per heavy atom. The molecule has 3 nitrogen and oxygen atoms in total. The van der Waals surface area contributed by atoms with Gasteiger partial charge in [0.25, 0.3) is 0 Å². The van der Waals surface area contributed by atoms with E-state index < -0.39 is 0 Å². The molecule has 1 heterocycles. The van der Waals surface area contributed by atoms with Gasteiger partial charge < -0.3 is 9.47 Å². The Labute approximate surface area is 147 Å². The summed E-state index contributed by atoms with van der Waals surface area (Å²) in [6.45, 7) is 12.0. The molecule has 0 aromatic rings. The third-order valence-electron chi connectivity index (χ3n) is 7.98. The number of ether oxygens (including phenoxy) is 2. The lowest BCUT2D eigenvalue weighted by Crippen LogP contribution is -2.55. The van der Waals surface area contributed by atoms with E-state index in [0.717, 1.165) is 12.3 Å². The molecule has 3 aliphatic rings. The first kappa shape index (κ1) is 18.2. The van der Waals surface area contributed by atoms with Crippen molar-refractivity contribution in [3.63, 3.8) is 0 Å². The van der Waals surface area contributed by atoms with Crippen molar-refractivity contribution >= 4 is 5.97 Å². The van der Waals surface area contributed by atoms with E-state index in [1.165, 1.54) is 39.2 Å². The summed E-state index contributed by atoms with van der Waals surface area (Å²) in [7, 11) is 1.47. The second-order valence-electron chi connectivity index (χ2n) is 9.95. The number of hydrogen-bond acceptors (Lipinski definition) is 3. The van der Waals surface area contributed by atoms with Crippen LogP contribution in [0.15, 0.2) is 0 Å². The average molecular weight is 337 g/mol. The van der Waals surface area contributed by atoms with Gasteiger partial charge in [0.05, 0.1) is 25.2 Å². The minimum absolute atomic E-state index is 0.00623. The van der Waals surface area contributed by atoms with Gasteiger partial charge in [0, 0.05) is 0 Å². The number of hydrogen-bond donors (Lipinski definition) is 0. The van der Waals surface area contributed by atoms with Crippen molar-refractivity contribution in [1.82, 2.24) is 0 Å². The Hall–Kier alpha value is -0.570. The maximum absolute atomic E-state index is 11.7. The highest BCUT2D eigenvalue weighted by molar-refractivity contribution is 5.69. The molecular formula is C21H36O3. The van der Waals surface area contributed by atoms with Crippen LogP contribution in [0.2, 0.25) is 0 Å². The number of methoxy groups -OCH3 is 1. The van der Waals surface area contributed by atoms with Gasteiger partial charge in [-0.25, -0.2) is 0 Å². The Morgan fingerprint density at radius 1 is 1.17 bits per heavy atom. The van der Waals surface area contributed by atoms with Crippen molar-refractivity contribution in [3.05, 3.63) is 0 Å². The van der Waals surface area contributed by atoms with Gasteiger partial charge in [0.15, 0.2) is 0 Å². The summed E-state index contributed by atoms with van der Waals surface area (Å²) in [5.74, 6) is 1.54. The third kappa shape index (κ3) is 2.81. The smallest absolute Gasteiger partial charge is 0.305 e. The highest BCUT2D eigenvalue weighted by Gasteiger charge is 2.62. The van der Waals surface area contributed by atoms with E-state index in [9.17, 15) is 4.79 Å². The van der Waals surface area contributed by atoms with Crippen LogP contribution in [0.5, 0.6) is 0 Å². The molecule has 138 valence electrons. The molecule has 0 spiro atoms. The topological polar surface area (TPSA) is 35.5 Å². The standard InChI is InChI=1S/C21H36O3/c1-14(12-18(22)23-6)15-13-17-20(4)10-7-9-19(2,3)16(20)8-11-21(17,5)24-15/h14-17H,7-13H2,1-6H3/t14-,15+,16+,17-,20+,21-/m1/s1. The van der Waals surface area contributed by atoms with Crippen molar-refractivity contribution in [2.45, 2.75) is 91.3 Å². The molecule has 2 aliphatic carbocycles. The normalized spacial score (nSPS) is 45.2. The molecule has 0 aromatic carbocycles. The number of esters is 1. The molecule has 0 radical (unpaired) electrons. The van der Waals surface area contributed by atoms with Crippen LogP contribution in [0.25, 0.3) is 0 Å². The van der Waals surface area contributed by atoms with Crippen molar-refractivity contribution in [2.75, 3.05) is 7.11 Å². The summed E-state index contributed by atoms with van der Waals surface area (Å²) in [6.07, 6.45) is 8.27. The molecule has 0 unspecified atom stereocenters. The van der Waals surface area contributed by atoms with Gasteiger partial charge in [-0.15, -0.1) is 0 Å². The predicted octanol–water partition coefficient (Wildman–Crippen LogP) is 4.98. The highest BCUT2D eigenvalue weighted by atomic mass is 16.5. The number of carbonyl (C=O) groups is 1. The molecule has 3 fully saturated rings. The fraction of sp³-hybridized carbons (Fsp3) is 0.952. The molecular weight excluding hydrogens is 300 g/mol. The van der Waals surface area contributed by atoms with Gasteiger partial charge in [0.2, 0.25) is 0 Å². The lowest BCUT2D eigenvalue weighted by atomic mass is 9.45. The first-order valence-electron chi connectivity index (χ1n) is 9.87. The van der Waals surface area contributed by atoms with Crippen molar-refractivity contribution in [1.29, 1.82) is 0 Å². The van der Waals surface area contributed by atoms with Crippen LogP contribution in [0.3, 0.4) is 0 Å². The molecule has 0 amide bonds. The maximum Gasteiger partial charge on any atom is 0.305 e. The number of carbonyl (C=O) groups excluding carboxylic acids is 1. The van der Waals surface area contributed by atoms with E-state index in [1.54, 1.807) is 0 Å². The maximum atomic E-state index is 11.7. The van der Waals surface area contributed by atoms with Gasteiger partial charge in [-0.1, -0.05) is 34.1 Å². The zero-order valence-electron chi connectivity index (χ0n) is 16.5. The van der Waals surface area contributed by atoms with Crippen LogP contribution in [-0.2, 0) is 14.3 Å². The van der Waals surface area contributed by atoms with Gasteiger partial charge in [0.1, 0.15) is 0 Å². The van der Waals surface area contributed by atoms with Gasteiger partial charge in [-0.3, -0.25) is 4.79 Å². The summed E-state index contributed by atoms with van der Waals surface area (Å²) in [6, 6.07) is 0. The first-order chi connectivity index (χ1) is 11.1. The minimum Gasteiger partial charge on any atom is -0.469 e. The minimum atomic E-state index is -0.117. The fourth-order valence-electron chi connectivity index (χ4n) is 6.72. The van der Waals surface area contributed by atoms with Crippen LogP contribution in [-0.4, -0.2) is 24.8 Å². The van der Waals surface area contributed by atoms with E-state index in [2.05, 4.69) is 34.6 Å². The van der Waals surface area contributed by atoms with E-state index in [1.807, 2.05) is 0 Å². The van der Waals surface area contributed by atoms with Crippen molar-refractivity contribution in [2.24, 2.45) is 28.6 Å². The zero-order valence-corrected chi connectivity index (χ0v) is 16.5. The van der Waals surface area contributed by atoms with Crippen molar-refractivity contribution in [3.8, 4) is 0 Å². The Balaban J connectivity index is 1.81. The summed E-state index contributed by atoms with van der Waals surface area (Å²) < 4.78 is 11.5. The molecule has 2 saturated carbocycles. The monoisotopic (exact) mass is 336 g/mol. The van der Waals surface area contributed by atoms with Gasteiger partial charge >= 0.3 is 5.97 Å². The highest BCUT2D eigenvalue weighted by Crippen LogP contribution is 2.66. The molecule has 0 aromatic heterocycles. The van der Waals surface area contributed by atoms with Gasteiger partial charge in [-0.05, 0) is 67.6 Å². The zero-order chi connectivity index (χ0) is 17.8. The van der Waals surface area contributed by atoms with E-state index in [0.29, 0.717) is 23.2 Å². The summed E-state index contributed by atoms with van der Waals surface area (Å²) in [5, 5.41) is 0. The molecule has 3 rings (SSSR count). The lowest BCUT2D eigenvalue weighted by molar-refractivity contribution is -0.160. The molecule has 0 N–H and O–H groups in total.